The molecule has 3 N–H and O–H groups in total. The minimum Gasteiger partial charge on any atom is -0.497 e. The van der Waals surface area contributed by atoms with E-state index >= 15 is 0 Å². The molecule has 2 aromatic heterocycles. The Morgan fingerprint density at radius 1 is 1.26 bits per heavy atom. The number of carbonyl (C=O) groups is 1. The third-order valence-corrected chi connectivity index (χ3v) is 5.35. The van der Waals surface area contributed by atoms with Gasteiger partial charge in [-0.3, -0.25) is 19.1 Å². The van der Waals surface area contributed by atoms with Crippen LogP contribution in [0.4, 0.5) is 5.82 Å². The van der Waals surface area contributed by atoms with Crippen molar-refractivity contribution in [3.05, 3.63) is 56.2 Å². The average molecular weight is 446 g/mol. The molecule has 1 aromatic carbocycles. The number of thioether (sulfide) groups is 1. The molecule has 164 valence electrons. The summed E-state index contributed by atoms with van der Waals surface area (Å²) in [4.78, 5) is 39.2. The van der Waals surface area contributed by atoms with Gasteiger partial charge >= 0.3 is 5.69 Å². The molecule has 0 bridgehead atoms. The first-order valence-corrected chi connectivity index (χ1v) is 10.5. The first-order chi connectivity index (χ1) is 14.8. The number of benzene rings is 1. The maximum absolute atomic E-state index is 12.7. The van der Waals surface area contributed by atoms with Crippen LogP contribution in [0.1, 0.15) is 29.8 Å². The van der Waals surface area contributed by atoms with Crippen molar-refractivity contribution >= 4 is 23.4 Å². The molecule has 12 heteroatoms. The van der Waals surface area contributed by atoms with Crippen molar-refractivity contribution in [2.45, 2.75) is 32.1 Å². The van der Waals surface area contributed by atoms with Crippen LogP contribution in [0.3, 0.4) is 0 Å². The number of methoxy groups -OCH3 is 1. The van der Waals surface area contributed by atoms with Gasteiger partial charge in [0.1, 0.15) is 17.1 Å². The van der Waals surface area contributed by atoms with Gasteiger partial charge in [0.25, 0.3) is 5.56 Å². The number of H-pyrrole nitrogens is 1. The smallest absolute Gasteiger partial charge is 0.329 e. The predicted molar refractivity (Wildman–Crippen MR) is 116 cm³/mol. The van der Waals surface area contributed by atoms with Crippen molar-refractivity contribution < 1.29 is 9.53 Å². The first kappa shape index (κ1) is 22.3. The van der Waals surface area contributed by atoms with Crippen molar-refractivity contribution in [3.8, 4) is 5.75 Å². The van der Waals surface area contributed by atoms with Crippen LogP contribution in [0.15, 0.2) is 39.0 Å². The fourth-order valence-electron chi connectivity index (χ4n) is 2.91. The highest BCUT2D eigenvalue weighted by Crippen LogP contribution is 2.19. The minimum absolute atomic E-state index is 0.103. The van der Waals surface area contributed by atoms with E-state index in [4.69, 9.17) is 10.5 Å². The fourth-order valence-corrected chi connectivity index (χ4v) is 3.66. The molecule has 0 aliphatic rings. The number of hydrogen-bond acceptors (Lipinski definition) is 9. The van der Waals surface area contributed by atoms with E-state index in [1.165, 1.54) is 4.57 Å². The highest BCUT2D eigenvalue weighted by atomic mass is 32.2. The molecule has 0 saturated heterocycles. The van der Waals surface area contributed by atoms with Crippen molar-refractivity contribution in [2.75, 3.05) is 18.6 Å². The van der Waals surface area contributed by atoms with Crippen LogP contribution in [0.25, 0.3) is 0 Å². The summed E-state index contributed by atoms with van der Waals surface area (Å²) in [7, 11) is 1.59. The van der Waals surface area contributed by atoms with Crippen molar-refractivity contribution in [1.29, 1.82) is 0 Å². The van der Waals surface area contributed by atoms with Gasteiger partial charge in [-0.25, -0.2) is 9.48 Å². The molecular formula is C19H23N7O4S. The highest BCUT2D eigenvalue weighted by molar-refractivity contribution is 7.99. The molecule has 2 heterocycles. The number of hydrogen-bond donors (Lipinski definition) is 2. The minimum atomic E-state index is -0.800. The van der Waals surface area contributed by atoms with Gasteiger partial charge in [0.05, 0.1) is 19.4 Å². The molecule has 0 atom stereocenters. The van der Waals surface area contributed by atoms with Gasteiger partial charge in [-0.1, -0.05) is 37.7 Å². The molecule has 0 aliphatic heterocycles. The molecule has 31 heavy (non-hydrogen) atoms. The Morgan fingerprint density at radius 2 is 1.97 bits per heavy atom. The molecule has 3 aromatic rings. The molecule has 0 spiro atoms. The number of aromatic amines is 1. The molecule has 0 fully saturated rings. The number of aromatic nitrogens is 6. The molecule has 0 saturated carbocycles. The van der Waals surface area contributed by atoms with Gasteiger partial charge in [0.15, 0.2) is 5.78 Å². The lowest BCUT2D eigenvalue weighted by Crippen LogP contribution is -2.37. The Bertz CT molecular complexity index is 1180. The lowest BCUT2D eigenvalue weighted by Gasteiger charge is -2.13. The lowest BCUT2D eigenvalue weighted by atomic mass is 10.2. The second-order valence-corrected chi connectivity index (χ2v) is 8.15. The summed E-state index contributed by atoms with van der Waals surface area (Å²) in [6.07, 6.45) is 0. The molecule has 11 nitrogen and oxygen atoms in total. The monoisotopic (exact) mass is 445 g/mol. The van der Waals surface area contributed by atoms with Gasteiger partial charge in [-0.15, -0.1) is 5.10 Å². The summed E-state index contributed by atoms with van der Waals surface area (Å²) in [5, 5.41) is 12.0. The van der Waals surface area contributed by atoms with Gasteiger partial charge in [0, 0.05) is 6.54 Å². The summed E-state index contributed by atoms with van der Waals surface area (Å²) >= 11 is 1.08. The normalized spacial score (nSPS) is 11.1. The van der Waals surface area contributed by atoms with Gasteiger partial charge in [-0.05, 0) is 34.0 Å². The van der Waals surface area contributed by atoms with E-state index in [2.05, 4.69) is 20.5 Å². The summed E-state index contributed by atoms with van der Waals surface area (Å²) in [5.41, 5.74) is 5.27. The van der Waals surface area contributed by atoms with E-state index < -0.39 is 17.0 Å². The number of tetrazole rings is 1. The highest BCUT2D eigenvalue weighted by Gasteiger charge is 2.21. The van der Waals surface area contributed by atoms with Gasteiger partial charge in [0.2, 0.25) is 5.16 Å². The number of nitrogens with zero attached hydrogens (tertiary/aromatic N) is 5. The summed E-state index contributed by atoms with van der Waals surface area (Å²) in [6.45, 7) is 4.48. The number of rotatable bonds is 9. The average Bonchev–Trinajstić information content (AvgIpc) is 3.16. The number of ketones is 1. The zero-order valence-corrected chi connectivity index (χ0v) is 18.2. The third-order valence-electron chi connectivity index (χ3n) is 4.39. The number of nitrogens with two attached hydrogens (primary N) is 1. The second kappa shape index (κ2) is 9.60. The molecule has 0 aliphatic carbocycles. The number of nitrogen functional groups attached to an aromatic ring is 1. The Kier molecular flexibility index (Phi) is 6.90. The summed E-state index contributed by atoms with van der Waals surface area (Å²) < 4.78 is 7.90. The molecule has 0 radical (unpaired) electrons. The summed E-state index contributed by atoms with van der Waals surface area (Å²) in [6, 6.07) is 7.44. The Hall–Kier alpha value is -3.41. The Morgan fingerprint density at radius 3 is 2.61 bits per heavy atom. The topological polar surface area (TPSA) is 151 Å². The predicted octanol–water partition coefficient (Wildman–Crippen LogP) is 0.793. The third kappa shape index (κ3) is 5.20. The zero-order chi connectivity index (χ0) is 22.5. The Balaban J connectivity index is 1.75. The van der Waals surface area contributed by atoms with E-state index in [0.717, 1.165) is 23.1 Å². The van der Waals surface area contributed by atoms with Crippen molar-refractivity contribution in [2.24, 2.45) is 5.92 Å². The largest absolute Gasteiger partial charge is 0.497 e. The standard InChI is InChI=1S/C19H23N7O4S/c1-11(2)8-25-16(20)15(17(28)21-18(25)29)14(27)10-31-19-22-23-24-26(19)9-12-4-6-13(30-3)7-5-12/h4-7,11H,8-10,20H2,1-3H3,(H,21,28,29). The van der Waals surface area contributed by atoms with Crippen LogP contribution in [0.2, 0.25) is 0 Å². The van der Waals surface area contributed by atoms with Crippen molar-refractivity contribution in [3.63, 3.8) is 0 Å². The number of anilines is 1. The van der Waals surface area contributed by atoms with E-state index in [-0.39, 0.29) is 29.6 Å². The molecular weight excluding hydrogens is 422 g/mol. The lowest BCUT2D eigenvalue weighted by molar-refractivity contribution is 0.102. The van der Waals surface area contributed by atoms with Crippen LogP contribution in [-0.4, -0.2) is 48.4 Å². The maximum Gasteiger partial charge on any atom is 0.329 e. The van der Waals surface area contributed by atoms with Crippen LogP contribution >= 0.6 is 11.8 Å². The van der Waals surface area contributed by atoms with Crippen LogP contribution in [-0.2, 0) is 13.1 Å². The number of ether oxygens (including phenoxy) is 1. The maximum atomic E-state index is 12.7. The Labute approximate surface area is 181 Å². The number of carbonyl (C=O) groups excluding carboxylic acids is 1. The fraction of sp³-hybridized carbons (Fsp3) is 0.368. The van der Waals surface area contributed by atoms with Gasteiger partial charge < -0.3 is 10.5 Å². The van der Waals surface area contributed by atoms with Crippen LogP contribution in [0.5, 0.6) is 5.75 Å². The molecule has 0 unspecified atom stereocenters. The SMILES string of the molecule is COc1ccc(Cn2nnnc2SCC(=O)c2c(N)n(CC(C)C)c(=O)[nH]c2=O)cc1. The van der Waals surface area contributed by atoms with E-state index in [1.54, 1.807) is 11.8 Å². The zero-order valence-electron chi connectivity index (χ0n) is 17.4. The number of nitrogens with one attached hydrogen (secondary N) is 1. The van der Waals surface area contributed by atoms with Gasteiger partial charge in [-0.2, -0.15) is 0 Å². The molecule has 3 rings (SSSR count). The summed E-state index contributed by atoms with van der Waals surface area (Å²) in [5.74, 6) is 0.0788. The van der Waals surface area contributed by atoms with E-state index in [9.17, 15) is 14.4 Å². The van der Waals surface area contributed by atoms with Crippen LogP contribution in [0, 0.1) is 5.92 Å². The second-order valence-electron chi connectivity index (χ2n) is 7.20. The van der Waals surface area contributed by atoms with E-state index in [0.29, 0.717) is 11.7 Å². The van der Waals surface area contributed by atoms with E-state index in [1.807, 2.05) is 38.1 Å². The number of Topliss-reactive ketones (excluding diaryl/α,β-unsaturated/α-hetero) is 1. The quantitative estimate of drug-likeness (QED) is 0.360. The first-order valence-electron chi connectivity index (χ1n) is 9.47. The van der Waals surface area contributed by atoms with Crippen LogP contribution < -0.4 is 21.7 Å². The van der Waals surface area contributed by atoms with Crippen molar-refractivity contribution in [1.82, 2.24) is 29.8 Å². The molecule has 0 amide bonds.